The third-order valence-corrected chi connectivity index (χ3v) is 5.43. The van der Waals surface area contributed by atoms with Crippen molar-refractivity contribution in [1.29, 1.82) is 0 Å². The Hall–Kier alpha value is -0.595. The van der Waals surface area contributed by atoms with E-state index in [1.165, 1.54) is 7.11 Å². The first-order valence-corrected chi connectivity index (χ1v) is 7.91. The van der Waals surface area contributed by atoms with Gasteiger partial charge in [0.2, 0.25) is 0 Å². The quantitative estimate of drug-likeness (QED) is 0.434. The van der Waals surface area contributed by atoms with Gasteiger partial charge in [-0.25, -0.2) is 4.79 Å². The standard InChI is InChI=1S/C15H20BIO4/c1-9-11(7-10(8-12(9)17)13(18)19-6)16-20-14(2,3)15(4,5)21-16/h7-8H,1-6H3. The highest BCUT2D eigenvalue weighted by Crippen LogP contribution is 2.37. The summed E-state index contributed by atoms with van der Waals surface area (Å²) in [5.41, 5.74) is 1.63. The van der Waals surface area contributed by atoms with Gasteiger partial charge >= 0.3 is 13.1 Å². The molecule has 1 aromatic carbocycles. The maximum Gasteiger partial charge on any atom is 0.495 e. The van der Waals surface area contributed by atoms with Crippen LogP contribution in [-0.4, -0.2) is 31.4 Å². The lowest BCUT2D eigenvalue weighted by Gasteiger charge is -2.32. The van der Waals surface area contributed by atoms with Crippen molar-refractivity contribution in [3.8, 4) is 0 Å². The summed E-state index contributed by atoms with van der Waals surface area (Å²) in [5, 5.41) is 0. The first kappa shape index (κ1) is 16.8. The fourth-order valence-corrected chi connectivity index (χ4v) is 2.80. The molecular weight excluding hydrogens is 382 g/mol. The van der Waals surface area contributed by atoms with E-state index in [1.807, 2.05) is 40.7 Å². The average Bonchev–Trinajstić information content (AvgIpc) is 2.60. The fourth-order valence-electron chi connectivity index (χ4n) is 2.15. The topological polar surface area (TPSA) is 44.8 Å². The van der Waals surface area contributed by atoms with Gasteiger partial charge in [0.15, 0.2) is 0 Å². The maximum absolute atomic E-state index is 11.8. The lowest BCUT2D eigenvalue weighted by molar-refractivity contribution is 0.00578. The number of benzene rings is 1. The van der Waals surface area contributed by atoms with Crippen LogP contribution < -0.4 is 5.46 Å². The molecule has 4 nitrogen and oxygen atoms in total. The van der Waals surface area contributed by atoms with E-state index < -0.39 is 18.3 Å². The van der Waals surface area contributed by atoms with Crippen molar-refractivity contribution in [1.82, 2.24) is 0 Å². The van der Waals surface area contributed by atoms with Gasteiger partial charge in [-0.1, -0.05) is 0 Å². The van der Waals surface area contributed by atoms with E-state index in [9.17, 15) is 4.79 Å². The Morgan fingerprint density at radius 1 is 1.19 bits per heavy atom. The molecule has 6 heteroatoms. The van der Waals surface area contributed by atoms with Gasteiger partial charge in [0.25, 0.3) is 0 Å². The first-order valence-electron chi connectivity index (χ1n) is 6.83. The van der Waals surface area contributed by atoms with Crippen LogP contribution in [0.25, 0.3) is 0 Å². The normalized spacial score (nSPS) is 19.7. The molecule has 1 saturated heterocycles. The highest BCUT2D eigenvalue weighted by Gasteiger charge is 2.52. The smallest absolute Gasteiger partial charge is 0.465 e. The largest absolute Gasteiger partial charge is 0.495 e. The average molecular weight is 402 g/mol. The summed E-state index contributed by atoms with van der Waals surface area (Å²) in [7, 11) is 0.900. The van der Waals surface area contributed by atoms with Crippen molar-refractivity contribution in [2.75, 3.05) is 7.11 Å². The number of hydrogen-bond acceptors (Lipinski definition) is 4. The second-order valence-corrected chi connectivity index (χ2v) is 7.41. The monoisotopic (exact) mass is 402 g/mol. The van der Waals surface area contributed by atoms with Gasteiger partial charge in [0.1, 0.15) is 0 Å². The Labute approximate surface area is 139 Å². The van der Waals surface area contributed by atoms with Gasteiger partial charge in [0, 0.05) is 3.57 Å². The third-order valence-electron chi connectivity index (χ3n) is 4.31. The number of carbonyl (C=O) groups is 1. The minimum absolute atomic E-state index is 0.356. The number of ether oxygens (including phenoxy) is 1. The van der Waals surface area contributed by atoms with Crippen molar-refractivity contribution in [2.45, 2.75) is 45.8 Å². The lowest BCUT2D eigenvalue weighted by atomic mass is 9.75. The first-order chi connectivity index (χ1) is 9.59. The van der Waals surface area contributed by atoms with Gasteiger partial charge in [0.05, 0.1) is 23.9 Å². The van der Waals surface area contributed by atoms with Crippen LogP contribution in [0.3, 0.4) is 0 Å². The van der Waals surface area contributed by atoms with Crippen molar-refractivity contribution in [3.05, 3.63) is 26.8 Å². The molecule has 0 unspecified atom stereocenters. The zero-order chi connectivity index (χ0) is 16.0. The Balaban J connectivity index is 2.46. The highest BCUT2D eigenvalue weighted by molar-refractivity contribution is 14.1. The second-order valence-electron chi connectivity index (χ2n) is 6.25. The fraction of sp³-hybridized carbons (Fsp3) is 0.533. The van der Waals surface area contributed by atoms with E-state index in [4.69, 9.17) is 14.0 Å². The third kappa shape index (κ3) is 2.98. The van der Waals surface area contributed by atoms with Gasteiger partial charge < -0.3 is 14.0 Å². The van der Waals surface area contributed by atoms with Crippen LogP contribution in [0.2, 0.25) is 0 Å². The molecule has 114 valence electrons. The van der Waals surface area contributed by atoms with Crippen molar-refractivity contribution in [2.24, 2.45) is 0 Å². The lowest BCUT2D eigenvalue weighted by Crippen LogP contribution is -2.41. The van der Waals surface area contributed by atoms with Crippen LogP contribution in [0.15, 0.2) is 12.1 Å². The Morgan fingerprint density at radius 2 is 1.71 bits per heavy atom. The molecule has 0 aromatic heterocycles. The van der Waals surface area contributed by atoms with Crippen LogP contribution in [0.5, 0.6) is 0 Å². The predicted octanol–water partition coefficient (Wildman–Crippen LogP) is 2.69. The number of carbonyl (C=O) groups excluding carboxylic acids is 1. The Bertz CT molecular complexity index is 567. The van der Waals surface area contributed by atoms with E-state index >= 15 is 0 Å². The second kappa shape index (κ2) is 5.55. The molecule has 0 N–H and O–H groups in total. The number of rotatable bonds is 2. The van der Waals surface area contributed by atoms with Crippen molar-refractivity contribution < 1.29 is 18.8 Å². The summed E-state index contributed by atoms with van der Waals surface area (Å²) in [6.45, 7) is 10.0. The SMILES string of the molecule is COC(=O)c1cc(I)c(C)c(B2OC(C)(C)C(C)(C)O2)c1. The van der Waals surface area contributed by atoms with Gasteiger partial charge in [-0.3, -0.25) is 0 Å². The summed E-state index contributed by atoms with van der Waals surface area (Å²) < 4.78 is 17.9. The molecule has 1 aliphatic rings. The molecule has 0 spiro atoms. The Morgan fingerprint density at radius 3 is 2.19 bits per heavy atom. The molecule has 0 radical (unpaired) electrons. The van der Waals surface area contributed by atoms with E-state index in [0.29, 0.717) is 5.56 Å². The van der Waals surface area contributed by atoms with Crippen LogP contribution in [0.1, 0.15) is 43.6 Å². The van der Waals surface area contributed by atoms with E-state index in [1.54, 1.807) is 6.07 Å². The molecule has 1 aliphatic heterocycles. The highest BCUT2D eigenvalue weighted by atomic mass is 127. The minimum Gasteiger partial charge on any atom is -0.465 e. The summed E-state index contributed by atoms with van der Waals surface area (Å²) in [6.07, 6.45) is 0. The molecule has 0 bridgehead atoms. The summed E-state index contributed by atoms with van der Waals surface area (Å²) in [5.74, 6) is -0.356. The molecule has 21 heavy (non-hydrogen) atoms. The van der Waals surface area contributed by atoms with Crippen LogP contribution >= 0.6 is 22.6 Å². The van der Waals surface area contributed by atoms with Crippen LogP contribution in [-0.2, 0) is 14.0 Å². The zero-order valence-electron chi connectivity index (χ0n) is 13.2. The maximum atomic E-state index is 11.8. The summed E-state index contributed by atoms with van der Waals surface area (Å²) in [6, 6.07) is 3.61. The molecule has 0 aliphatic carbocycles. The summed E-state index contributed by atoms with van der Waals surface area (Å²) >= 11 is 2.21. The molecule has 0 atom stereocenters. The van der Waals surface area contributed by atoms with E-state index in [0.717, 1.165) is 14.6 Å². The van der Waals surface area contributed by atoms with E-state index in [2.05, 4.69) is 22.6 Å². The number of esters is 1. The molecule has 0 amide bonds. The number of methoxy groups -OCH3 is 1. The molecule has 1 aromatic rings. The van der Waals surface area contributed by atoms with Crippen molar-refractivity contribution >= 4 is 41.1 Å². The van der Waals surface area contributed by atoms with Crippen molar-refractivity contribution in [3.63, 3.8) is 0 Å². The number of hydrogen-bond donors (Lipinski definition) is 0. The van der Waals surface area contributed by atoms with Crippen LogP contribution in [0.4, 0.5) is 0 Å². The molecule has 1 heterocycles. The van der Waals surface area contributed by atoms with E-state index in [-0.39, 0.29) is 5.97 Å². The van der Waals surface area contributed by atoms with Gasteiger partial charge in [-0.05, 0) is 80.4 Å². The minimum atomic E-state index is -0.479. The predicted molar refractivity (Wildman–Crippen MR) is 91.0 cm³/mol. The molecule has 2 rings (SSSR count). The van der Waals surface area contributed by atoms with Gasteiger partial charge in [-0.15, -0.1) is 0 Å². The Kier molecular flexibility index (Phi) is 4.43. The van der Waals surface area contributed by atoms with Gasteiger partial charge in [-0.2, -0.15) is 0 Å². The molecule has 1 fully saturated rings. The number of halogens is 1. The molecule has 0 saturated carbocycles. The zero-order valence-corrected chi connectivity index (χ0v) is 15.4. The van der Waals surface area contributed by atoms with Crippen LogP contribution in [0, 0.1) is 10.5 Å². The molecular formula is C15H20BIO4. The summed E-state index contributed by atoms with van der Waals surface area (Å²) in [4.78, 5) is 11.8.